The second-order valence-electron chi connectivity index (χ2n) is 10.9. The summed E-state index contributed by atoms with van der Waals surface area (Å²) in [6.07, 6.45) is 10.6. The number of hydrogen-bond donors (Lipinski definition) is 0. The van der Waals surface area contributed by atoms with Crippen LogP contribution in [0.4, 0.5) is 0 Å². The van der Waals surface area contributed by atoms with Gasteiger partial charge in [0.25, 0.3) is 0 Å². The Bertz CT molecular complexity index is 1070. The highest BCUT2D eigenvalue weighted by Crippen LogP contribution is 2.33. The standard InChI is InChI=1S/C32H41NO5/c1-31(2,3)38-30(35)27(23-32(19-11-20-33-32)24-29(34)36-4)22-26-15-17-28(18-16-26)37-21-10-6-9-14-25-12-7-5-8-13-25/h5,7-8,11-13,15-20,27H,6,9-10,14,21-24H2,1-4H3. The van der Waals surface area contributed by atoms with Gasteiger partial charge in [-0.1, -0.05) is 48.5 Å². The van der Waals surface area contributed by atoms with E-state index in [2.05, 4.69) is 29.3 Å². The molecule has 0 saturated heterocycles. The van der Waals surface area contributed by atoms with Crippen molar-refractivity contribution in [3.63, 3.8) is 0 Å². The first-order chi connectivity index (χ1) is 18.2. The number of ether oxygens (including phenoxy) is 3. The van der Waals surface area contributed by atoms with Crippen LogP contribution in [0.2, 0.25) is 0 Å². The summed E-state index contributed by atoms with van der Waals surface area (Å²) in [6, 6.07) is 18.4. The van der Waals surface area contributed by atoms with Crippen LogP contribution in [0.3, 0.4) is 0 Å². The quantitative estimate of drug-likeness (QED) is 0.216. The lowest BCUT2D eigenvalue weighted by Crippen LogP contribution is -2.36. The maximum Gasteiger partial charge on any atom is 0.309 e. The summed E-state index contributed by atoms with van der Waals surface area (Å²) in [4.78, 5) is 29.8. The second-order valence-corrected chi connectivity index (χ2v) is 10.9. The van der Waals surface area contributed by atoms with Crippen LogP contribution in [-0.2, 0) is 31.9 Å². The van der Waals surface area contributed by atoms with Crippen LogP contribution < -0.4 is 4.74 Å². The average molecular weight is 520 g/mol. The second kappa shape index (κ2) is 13.9. The number of aryl methyl sites for hydroxylation is 1. The number of rotatable bonds is 14. The van der Waals surface area contributed by atoms with Gasteiger partial charge in [-0.15, -0.1) is 0 Å². The third kappa shape index (κ3) is 9.81. The van der Waals surface area contributed by atoms with Crippen molar-refractivity contribution < 1.29 is 23.8 Å². The molecule has 2 unspecified atom stereocenters. The Morgan fingerprint density at radius 2 is 1.68 bits per heavy atom. The van der Waals surface area contributed by atoms with Crippen LogP contribution in [0.25, 0.3) is 0 Å². The predicted octanol–water partition coefficient (Wildman–Crippen LogP) is 6.31. The fourth-order valence-corrected chi connectivity index (χ4v) is 4.58. The van der Waals surface area contributed by atoms with E-state index in [1.165, 1.54) is 12.7 Å². The maximum atomic E-state index is 13.2. The van der Waals surface area contributed by atoms with Crippen molar-refractivity contribution in [3.8, 4) is 5.75 Å². The van der Waals surface area contributed by atoms with Gasteiger partial charge in [0.15, 0.2) is 0 Å². The number of carbonyl (C=O) groups is 2. The number of aliphatic imine (C=N–C) groups is 1. The molecule has 0 saturated carbocycles. The molecule has 0 aromatic heterocycles. The number of carbonyl (C=O) groups excluding carboxylic acids is 2. The minimum Gasteiger partial charge on any atom is -0.494 e. The lowest BCUT2D eigenvalue weighted by Gasteiger charge is -2.30. The Morgan fingerprint density at radius 3 is 2.32 bits per heavy atom. The first-order valence-electron chi connectivity index (χ1n) is 13.5. The largest absolute Gasteiger partial charge is 0.494 e. The normalized spacial score (nSPS) is 17.3. The molecule has 0 aliphatic carbocycles. The van der Waals surface area contributed by atoms with Gasteiger partial charge in [-0.25, -0.2) is 0 Å². The molecule has 6 nitrogen and oxygen atoms in total. The first-order valence-corrected chi connectivity index (χ1v) is 13.5. The molecule has 0 N–H and O–H groups in total. The number of unbranched alkanes of at least 4 members (excludes halogenated alkanes) is 2. The molecule has 0 bridgehead atoms. The summed E-state index contributed by atoms with van der Waals surface area (Å²) in [5.41, 5.74) is 0.951. The highest BCUT2D eigenvalue weighted by Gasteiger charge is 2.38. The molecule has 0 radical (unpaired) electrons. The van der Waals surface area contributed by atoms with Gasteiger partial charge < -0.3 is 14.2 Å². The van der Waals surface area contributed by atoms with E-state index in [4.69, 9.17) is 14.2 Å². The SMILES string of the molecule is COC(=O)CC1(CC(Cc2ccc(OCCCCCc3ccccc3)cc2)C(=O)OC(C)(C)C)C=CC=N1. The van der Waals surface area contributed by atoms with E-state index in [0.29, 0.717) is 19.4 Å². The van der Waals surface area contributed by atoms with E-state index in [9.17, 15) is 9.59 Å². The third-order valence-corrected chi connectivity index (χ3v) is 6.47. The minimum atomic E-state index is -0.807. The topological polar surface area (TPSA) is 74.2 Å². The maximum absolute atomic E-state index is 13.2. The molecular formula is C32H41NO5. The number of hydrogen-bond acceptors (Lipinski definition) is 6. The van der Waals surface area contributed by atoms with Crippen LogP contribution in [0.1, 0.15) is 64.0 Å². The van der Waals surface area contributed by atoms with Gasteiger partial charge in [-0.2, -0.15) is 0 Å². The minimum absolute atomic E-state index is 0.0773. The monoisotopic (exact) mass is 519 g/mol. The molecule has 0 fully saturated rings. The summed E-state index contributed by atoms with van der Waals surface area (Å²) in [5.74, 6) is -0.322. The van der Waals surface area contributed by atoms with Crippen LogP contribution in [-0.4, -0.2) is 43.0 Å². The molecule has 3 rings (SSSR count). The van der Waals surface area contributed by atoms with Gasteiger partial charge in [0, 0.05) is 6.21 Å². The summed E-state index contributed by atoms with van der Waals surface area (Å²) < 4.78 is 16.6. The third-order valence-electron chi connectivity index (χ3n) is 6.47. The van der Waals surface area contributed by atoms with Gasteiger partial charge in [0.2, 0.25) is 0 Å². The summed E-state index contributed by atoms with van der Waals surface area (Å²) in [6.45, 7) is 6.24. The van der Waals surface area contributed by atoms with Crippen LogP contribution in [0.5, 0.6) is 5.75 Å². The van der Waals surface area contributed by atoms with E-state index >= 15 is 0 Å². The van der Waals surface area contributed by atoms with Crippen LogP contribution in [0.15, 0.2) is 71.7 Å². The molecule has 2 aromatic carbocycles. The summed E-state index contributed by atoms with van der Waals surface area (Å²) in [5, 5.41) is 0. The predicted molar refractivity (Wildman–Crippen MR) is 151 cm³/mol. The van der Waals surface area contributed by atoms with Crippen LogP contribution >= 0.6 is 0 Å². The van der Waals surface area contributed by atoms with Crippen molar-refractivity contribution in [1.82, 2.24) is 0 Å². The Hall–Kier alpha value is -3.41. The van der Waals surface area contributed by atoms with Crippen molar-refractivity contribution in [2.24, 2.45) is 10.9 Å². The number of allylic oxidation sites excluding steroid dienone is 1. The van der Waals surface area contributed by atoms with Gasteiger partial charge >= 0.3 is 11.9 Å². The molecule has 38 heavy (non-hydrogen) atoms. The lowest BCUT2D eigenvalue weighted by atomic mass is 9.82. The molecule has 1 heterocycles. The lowest BCUT2D eigenvalue weighted by molar-refractivity contribution is -0.161. The van der Waals surface area contributed by atoms with Crippen molar-refractivity contribution in [3.05, 3.63) is 77.9 Å². The van der Waals surface area contributed by atoms with E-state index in [1.54, 1.807) is 6.21 Å². The Morgan fingerprint density at radius 1 is 0.947 bits per heavy atom. The molecule has 1 aliphatic heterocycles. The fraction of sp³-hybridized carbons (Fsp3) is 0.469. The van der Waals surface area contributed by atoms with E-state index in [-0.39, 0.29) is 18.4 Å². The molecule has 2 atom stereocenters. The summed E-state index contributed by atoms with van der Waals surface area (Å²) >= 11 is 0. The zero-order valence-electron chi connectivity index (χ0n) is 23.2. The number of nitrogens with zero attached hydrogens (tertiary/aromatic N) is 1. The Kier molecular flexibility index (Phi) is 10.7. The Balaban J connectivity index is 1.55. The molecule has 0 spiro atoms. The van der Waals surface area contributed by atoms with Crippen molar-refractivity contribution in [2.75, 3.05) is 13.7 Å². The number of benzene rings is 2. The number of methoxy groups -OCH3 is 1. The molecule has 2 aromatic rings. The molecule has 6 heteroatoms. The highest BCUT2D eigenvalue weighted by molar-refractivity contribution is 5.80. The zero-order valence-corrected chi connectivity index (χ0v) is 23.2. The summed E-state index contributed by atoms with van der Waals surface area (Å²) in [7, 11) is 1.36. The molecule has 0 amide bonds. The van der Waals surface area contributed by atoms with Crippen LogP contribution in [0, 0.1) is 5.92 Å². The first kappa shape index (κ1) is 29.2. The number of esters is 2. The van der Waals surface area contributed by atoms with Gasteiger partial charge in [0.1, 0.15) is 11.4 Å². The van der Waals surface area contributed by atoms with E-state index in [0.717, 1.165) is 37.0 Å². The fourth-order valence-electron chi connectivity index (χ4n) is 4.58. The zero-order chi connectivity index (χ0) is 27.4. The van der Waals surface area contributed by atoms with E-state index < -0.39 is 17.1 Å². The molecule has 1 aliphatic rings. The van der Waals surface area contributed by atoms with Gasteiger partial charge in [-0.05, 0) is 88.6 Å². The molecular weight excluding hydrogens is 478 g/mol. The van der Waals surface area contributed by atoms with Gasteiger partial charge in [0.05, 0.1) is 31.6 Å². The smallest absolute Gasteiger partial charge is 0.309 e. The average Bonchev–Trinajstić information content (AvgIpc) is 3.34. The Labute approximate surface area is 227 Å². The van der Waals surface area contributed by atoms with Crippen molar-refractivity contribution in [1.29, 1.82) is 0 Å². The highest BCUT2D eigenvalue weighted by atomic mass is 16.6. The van der Waals surface area contributed by atoms with Crippen molar-refractivity contribution >= 4 is 18.2 Å². The van der Waals surface area contributed by atoms with Crippen molar-refractivity contribution in [2.45, 2.75) is 76.9 Å². The van der Waals surface area contributed by atoms with Gasteiger partial charge in [-0.3, -0.25) is 14.6 Å². The van der Waals surface area contributed by atoms with E-state index in [1.807, 2.05) is 63.3 Å². The molecule has 204 valence electrons.